The minimum absolute atomic E-state index is 0.0644. The van der Waals surface area contributed by atoms with Crippen LogP contribution in [0.2, 0.25) is 0 Å². The molecule has 0 aromatic carbocycles. The number of hydrogen-bond acceptors (Lipinski definition) is 3. The summed E-state index contributed by atoms with van der Waals surface area (Å²) >= 11 is 5.27. The molecule has 7 heteroatoms. The van der Waals surface area contributed by atoms with Gasteiger partial charge in [-0.05, 0) is 0 Å². The third-order valence-corrected chi connectivity index (χ3v) is 1.45. The van der Waals surface area contributed by atoms with Gasteiger partial charge in [0.25, 0.3) is 0 Å². The molecule has 0 aliphatic heterocycles. The van der Waals surface area contributed by atoms with Gasteiger partial charge < -0.3 is 10.6 Å². The van der Waals surface area contributed by atoms with Crippen LogP contribution in [0.15, 0.2) is 0 Å². The molecule has 0 spiro atoms. The maximum atomic E-state index is 10.9. The van der Waals surface area contributed by atoms with Gasteiger partial charge in [0.15, 0.2) is 0 Å². The second-order valence-electron chi connectivity index (χ2n) is 2.34. The highest BCUT2D eigenvalue weighted by Crippen LogP contribution is 1.83. The molecule has 0 aromatic rings. The molecule has 0 rings (SSSR count). The lowest BCUT2D eigenvalue weighted by molar-refractivity contribution is -0.121. The molecule has 0 aliphatic carbocycles. The van der Waals surface area contributed by atoms with E-state index in [-0.39, 0.29) is 24.8 Å². The standard InChI is InChI=1S/C7H12ClN3O3/c1-9-6(13)4-10-7(14)11-5(12)2-3-8/h2-4H2,1H3,(H,9,13)(H2,10,11,12,14). The predicted octanol–water partition coefficient (Wildman–Crippen LogP) is -0.813. The van der Waals surface area contributed by atoms with Gasteiger partial charge in [0, 0.05) is 19.3 Å². The Morgan fingerprint density at radius 2 is 1.86 bits per heavy atom. The second-order valence-corrected chi connectivity index (χ2v) is 2.72. The van der Waals surface area contributed by atoms with Crippen molar-refractivity contribution in [1.29, 1.82) is 0 Å². The summed E-state index contributed by atoms with van der Waals surface area (Å²) in [7, 11) is 1.45. The molecular formula is C7H12ClN3O3. The molecule has 14 heavy (non-hydrogen) atoms. The lowest BCUT2D eigenvalue weighted by Gasteiger charge is -2.04. The average Bonchev–Trinajstić information content (AvgIpc) is 2.14. The van der Waals surface area contributed by atoms with Crippen molar-refractivity contribution >= 4 is 29.4 Å². The quantitative estimate of drug-likeness (QED) is 0.543. The Morgan fingerprint density at radius 1 is 1.21 bits per heavy atom. The number of carbonyl (C=O) groups is 3. The number of likely N-dealkylation sites (N-methyl/N-ethyl adjacent to an activating group) is 1. The number of amides is 4. The number of hydrogen-bond donors (Lipinski definition) is 3. The molecule has 0 fully saturated rings. The van der Waals surface area contributed by atoms with E-state index >= 15 is 0 Å². The van der Waals surface area contributed by atoms with Gasteiger partial charge in [-0.25, -0.2) is 4.79 Å². The molecule has 4 amide bonds. The molecule has 0 aliphatic rings. The number of imide groups is 1. The monoisotopic (exact) mass is 221 g/mol. The normalized spacial score (nSPS) is 9.00. The van der Waals surface area contributed by atoms with Crippen molar-refractivity contribution in [1.82, 2.24) is 16.0 Å². The maximum absolute atomic E-state index is 10.9. The summed E-state index contributed by atoms with van der Waals surface area (Å²) in [4.78, 5) is 32.4. The summed E-state index contributed by atoms with van der Waals surface area (Å²) in [5, 5.41) is 6.51. The van der Waals surface area contributed by atoms with Gasteiger partial charge >= 0.3 is 6.03 Å². The number of urea groups is 1. The number of nitrogens with one attached hydrogen (secondary N) is 3. The first kappa shape index (κ1) is 12.7. The van der Waals surface area contributed by atoms with Crippen molar-refractivity contribution in [3.8, 4) is 0 Å². The fourth-order valence-corrected chi connectivity index (χ4v) is 0.740. The van der Waals surface area contributed by atoms with Crippen LogP contribution in [0.1, 0.15) is 6.42 Å². The minimum Gasteiger partial charge on any atom is -0.358 e. The Kier molecular flexibility index (Phi) is 6.47. The lowest BCUT2D eigenvalue weighted by atomic mass is 10.4. The van der Waals surface area contributed by atoms with Crippen LogP contribution in [0.25, 0.3) is 0 Å². The molecule has 0 saturated carbocycles. The van der Waals surface area contributed by atoms with Crippen molar-refractivity contribution in [2.75, 3.05) is 19.5 Å². The molecule has 0 atom stereocenters. The zero-order valence-corrected chi connectivity index (χ0v) is 8.48. The number of carbonyl (C=O) groups excluding carboxylic acids is 3. The Balaban J connectivity index is 3.65. The highest BCUT2D eigenvalue weighted by atomic mass is 35.5. The Hall–Kier alpha value is -1.30. The molecule has 6 nitrogen and oxygen atoms in total. The Morgan fingerprint density at radius 3 is 2.36 bits per heavy atom. The molecule has 0 unspecified atom stereocenters. The highest BCUT2D eigenvalue weighted by molar-refractivity contribution is 6.19. The summed E-state index contributed by atoms with van der Waals surface area (Å²) in [6.07, 6.45) is 0.0644. The summed E-state index contributed by atoms with van der Waals surface area (Å²) in [5.74, 6) is -0.673. The van der Waals surface area contributed by atoms with Crippen LogP contribution in [0.4, 0.5) is 4.79 Å². The van der Waals surface area contributed by atoms with Crippen molar-refractivity contribution in [2.24, 2.45) is 0 Å². The van der Waals surface area contributed by atoms with Crippen LogP contribution >= 0.6 is 11.6 Å². The van der Waals surface area contributed by atoms with Gasteiger partial charge in [0.1, 0.15) is 0 Å². The van der Waals surface area contributed by atoms with E-state index in [9.17, 15) is 14.4 Å². The largest absolute Gasteiger partial charge is 0.358 e. The molecule has 3 N–H and O–H groups in total. The van der Waals surface area contributed by atoms with E-state index in [1.54, 1.807) is 0 Å². The van der Waals surface area contributed by atoms with E-state index in [4.69, 9.17) is 11.6 Å². The van der Waals surface area contributed by atoms with Gasteiger partial charge in [-0.2, -0.15) is 0 Å². The summed E-state index contributed by atoms with van der Waals surface area (Å²) in [6.45, 7) is -0.170. The fraction of sp³-hybridized carbons (Fsp3) is 0.571. The zero-order valence-electron chi connectivity index (χ0n) is 7.72. The molecule has 0 aromatic heterocycles. The third kappa shape index (κ3) is 6.24. The van der Waals surface area contributed by atoms with E-state index in [0.717, 1.165) is 0 Å². The van der Waals surface area contributed by atoms with Crippen molar-refractivity contribution in [2.45, 2.75) is 6.42 Å². The topological polar surface area (TPSA) is 87.3 Å². The Labute approximate surface area is 86.4 Å². The third-order valence-electron chi connectivity index (χ3n) is 1.26. The van der Waals surface area contributed by atoms with Crippen molar-refractivity contribution < 1.29 is 14.4 Å². The van der Waals surface area contributed by atoms with E-state index in [1.165, 1.54) is 7.05 Å². The highest BCUT2D eigenvalue weighted by Gasteiger charge is 2.07. The van der Waals surface area contributed by atoms with Crippen LogP contribution in [-0.4, -0.2) is 37.3 Å². The van der Waals surface area contributed by atoms with E-state index in [0.29, 0.717) is 0 Å². The molecular weight excluding hydrogens is 210 g/mol. The van der Waals surface area contributed by atoms with Crippen LogP contribution in [0, 0.1) is 0 Å². The lowest BCUT2D eigenvalue weighted by Crippen LogP contribution is -2.43. The zero-order chi connectivity index (χ0) is 11.0. The summed E-state index contributed by atoms with van der Waals surface area (Å²) in [6, 6.07) is -0.705. The SMILES string of the molecule is CNC(=O)CNC(=O)NC(=O)CCCl. The van der Waals surface area contributed by atoms with Gasteiger partial charge in [-0.1, -0.05) is 0 Å². The summed E-state index contributed by atoms with van der Waals surface area (Å²) in [5.41, 5.74) is 0. The summed E-state index contributed by atoms with van der Waals surface area (Å²) < 4.78 is 0. The molecule has 0 bridgehead atoms. The van der Waals surface area contributed by atoms with E-state index in [1.807, 2.05) is 5.32 Å². The van der Waals surface area contributed by atoms with Crippen LogP contribution in [-0.2, 0) is 9.59 Å². The maximum Gasteiger partial charge on any atom is 0.321 e. The first-order valence-electron chi connectivity index (χ1n) is 3.94. The first-order chi connectivity index (χ1) is 6.60. The van der Waals surface area contributed by atoms with Crippen molar-refractivity contribution in [3.63, 3.8) is 0 Å². The number of rotatable bonds is 4. The van der Waals surface area contributed by atoms with Crippen LogP contribution in [0.3, 0.4) is 0 Å². The van der Waals surface area contributed by atoms with Gasteiger partial charge in [-0.3, -0.25) is 14.9 Å². The molecule has 0 saturated heterocycles. The second kappa shape index (κ2) is 7.14. The van der Waals surface area contributed by atoms with Gasteiger partial charge in [0.2, 0.25) is 11.8 Å². The number of halogens is 1. The van der Waals surface area contributed by atoms with Gasteiger partial charge in [0.05, 0.1) is 6.54 Å². The van der Waals surface area contributed by atoms with E-state index in [2.05, 4.69) is 10.6 Å². The van der Waals surface area contributed by atoms with Gasteiger partial charge in [-0.15, -0.1) is 11.6 Å². The van der Waals surface area contributed by atoms with E-state index < -0.39 is 11.9 Å². The van der Waals surface area contributed by atoms with Crippen LogP contribution in [0.5, 0.6) is 0 Å². The minimum atomic E-state index is -0.705. The smallest absolute Gasteiger partial charge is 0.321 e. The number of alkyl halides is 1. The average molecular weight is 222 g/mol. The fourth-order valence-electron chi connectivity index (χ4n) is 0.568. The molecule has 0 heterocycles. The molecule has 80 valence electrons. The first-order valence-corrected chi connectivity index (χ1v) is 4.47. The Bertz CT molecular complexity index is 232. The molecule has 0 radical (unpaired) electrons. The predicted molar refractivity (Wildman–Crippen MR) is 50.9 cm³/mol. The van der Waals surface area contributed by atoms with Crippen molar-refractivity contribution in [3.05, 3.63) is 0 Å². The van der Waals surface area contributed by atoms with Crippen LogP contribution < -0.4 is 16.0 Å².